The van der Waals surface area contributed by atoms with Gasteiger partial charge < -0.3 is 29.7 Å². The lowest BCUT2D eigenvalue weighted by Gasteiger charge is -2.25. The molecule has 0 amide bonds. The van der Waals surface area contributed by atoms with Gasteiger partial charge in [0.15, 0.2) is 29.4 Å². The first kappa shape index (κ1) is 30.8. The summed E-state index contributed by atoms with van der Waals surface area (Å²) in [6.45, 7) is 4.54. The average molecular weight is 594 g/mol. The van der Waals surface area contributed by atoms with E-state index in [1.165, 1.54) is 17.8 Å². The van der Waals surface area contributed by atoms with Crippen LogP contribution in [0.4, 0.5) is 16.2 Å². The number of hydrogen-bond acceptors (Lipinski definition) is 11. The van der Waals surface area contributed by atoms with Crippen molar-refractivity contribution in [3.63, 3.8) is 0 Å². The van der Waals surface area contributed by atoms with E-state index >= 15 is 4.39 Å². The van der Waals surface area contributed by atoms with Crippen LogP contribution in [0.15, 0.2) is 36.7 Å². The Hall–Kier alpha value is -3.16. The predicted octanol–water partition coefficient (Wildman–Crippen LogP) is 2.45. The molecular formula is C26H37FN7O6P. The molecule has 0 radical (unpaired) electrons. The highest BCUT2D eigenvalue weighted by molar-refractivity contribution is 7.56. The van der Waals surface area contributed by atoms with Crippen molar-refractivity contribution in [1.82, 2.24) is 24.6 Å². The number of carbonyl (C=O) groups is 1. The molecule has 1 aliphatic rings. The maximum Gasteiger partial charge on any atom is 0.323 e. The van der Waals surface area contributed by atoms with Crippen LogP contribution in [-0.4, -0.2) is 88.0 Å². The molecule has 4 N–H and O–H groups in total. The highest BCUT2D eigenvalue weighted by Gasteiger charge is 2.47. The number of nitrogens with zero attached hydrogens (tertiary/aromatic N) is 5. The third kappa shape index (κ3) is 7.19. The lowest BCUT2D eigenvalue weighted by molar-refractivity contribution is -0.149. The Labute approximate surface area is 237 Å². The van der Waals surface area contributed by atoms with Crippen LogP contribution < -0.4 is 15.7 Å². The first-order valence-electron chi connectivity index (χ1n) is 13.3. The lowest BCUT2D eigenvalue weighted by atomic mass is 10.1. The van der Waals surface area contributed by atoms with Gasteiger partial charge in [-0.25, -0.2) is 14.5 Å². The highest BCUT2D eigenvalue weighted by atomic mass is 31.2. The molecule has 1 unspecified atom stereocenters. The van der Waals surface area contributed by atoms with Gasteiger partial charge in [0.1, 0.15) is 18.2 Å². The number of carbonyl (C=O) groups excluding carboxylic acids is 1. The summed E-state index contributed by atoms with van der Waals surface area (Å²) in [4.78, 5) is 26.8. The molecule has 15 heteroatoms. The molecule has 41 heavy (non-hydrogen) atoms. The number of halogens is 1. The predicted molar refractivity (Wildman–Crippen MR) is 151 cm³/mol. The SMILES string of the molecule is CC(C)OC(=O)[C@H](C)NP(=O)(CCc1ccccc1)OC[C@H]1O[C@@H](n2cnc3c(N(C)C)nc(N)nc32)[C@@H](F)[C@@H]1O. The molecule has 1 fully saturated rings. The van der Waals surface area contributed by atoms with E-state index in [2.05, 4.69) is 20.0 Å². The smallest absolute Gasteiger partial charge is 0.323 e. The maximum atomic E-state index is 15.4. The normalized spacial score (nSPS) is 23.0. The Morgan fingerprint density at radius 3 is 2.63 bits per heavy atom. The van der Waals surface area contributed by atoms with Gasteiger partial charge in [-0.15, -0.1) is 0 Å². The number of ether oxygens (including phenoxy) is 2. The van der Waals surface area contributed by atoms with Crippen LogP contribution in [0.1, 0.15) is 32.6 Å². The zero-order valence-corrected chi connectivity index (χ0v) is 24.6. The molecule has 3 heterocycles. The molecule has 3 aromatic rings. The summed E-state index contributed by atoms with van der Waals surface area (Å²) in [6.07, 6.45) is -4.55. The summed E-state index contributed by atoms with van der Waals surface area (Å²) in [5, 5.41) is 13.5. The first-order chi connectivity index (χ1) is 19.4. The second-order valence-corrected chi connectivity index (χ2v) is 12.7. The Morgan fingerprint density at radius 1 is 1.27 bits per heavy atom. The average Bonchev–Trinajstić information content (AvgIpc) is 3.46. The largest absolute Gasteiger partial charge is 0.462 e. The van der Waals surface area contributed by atoms with Crippen LogP contribution in [0.5, 0.6) is 0 Å². The molecule has 0 bridgehead atoms. The second-order valence-electron chi connectivity index (χ2n) is 10.4. The van der Waals surface area contributed by atoms with Gasteiger partial charge in [0.2, 0.25) is 5.95 Å². The summed E-state index contributed by atoms with van der Waals surface area (Å²) in [5.41, 5.74) is 7.40. The van der Waals surface area contributed by atoms with E-state index in [9.17, 15) is 14.5 Å². The number of anilines is 2. The monoisotopic (exact) mass is 593 g/mol. The molecule has 0 aliphatic carbocycles. The standard InChI is InChI=1S/C26H37FN7O6P/c1-15(2)39-25(36)16(3)32-41(37,12-11-17-9-7-6-8-10-17)38-13-18-21(35)19(27)24(40-18)34-14-29-20-22(33(4)5)30-26(28)31-23(20)34/h6-10,14-16,18-19,21,24,35H,11-13H2,1-5H3,(H,32,37)(H2,28,30,31)/t16-,18+,19-,21+,24+,41?/m0/s1. The number of fused-ring (bicyclic) bond motifs is 1. The van der Waals surface area contributed by atoms with Gasteiger partial charge in [-0.3, -0.25) is 13.9 Å². The zero-order chi connectivity index (χ0) is 29.9. The van der Waals surface area contributed by atoms with Gasteiger partial charge in [-0.1, -0.05) is 30.3 Å². The minimum atomic E-state index is -3.71. The molecule has 2 aromatic heterocycles. The molecule has 1 aliphatic heterocycles. The highest BCUT2D eigenvalue weighted by Crippen LogP contribution is 2.45. The Balaban J connectivity index is 1.51. The van der Waals surface area contributed by atoms with Gasteiger partial charge in [-0.05, 0) is 32.8 Å². The third-order valence-electron chi connectivity index (χ3n) is 6.49. The summed E-state index contributed by atoms with van der Waals surface area (Å²) in [7, 11) is -0.189. The molecule has 0 spiro atoms. The van der Waals surface area contributed by atoms with Crippen LogP contribution in [-0.2, 0) is 29.8 Å². The number of aliphatic hydroxyl groups excluding tert-OH is 1. The molecule has 1 aromatic carbocycles. The minimum absolute atomic E-state index is 0.0349. The molecule has 224 valence electrons. The zero-order valence-electron chi connectivity index (χ0n) is 23.7. The van der Waals surface area contributed by atoms with Gasteiger partial charge in [0.05, 0.1) is 19.0 Å². The van der Waals surface area contributed by atoms with Crippen LogP contribution in [0.3, 0.4) is 0 Å². The number of benzene rings is 1. The summed E-state index contributed by atoms with van der Waals surface area (Å²) in [5.74, 6) is -0.183. The van der Waals surface area contributed by atoms with Crippen molar-refractivity contribution in [2.75, 3.05) is 37.5 Å². The van der Waals surface area contributed by atoms with E-state index in [0.717, 1.165) is 5.56 Å². The van der Waals surface area contributed by atoms with Crippen LogP contribution in [0, 0.1) is 0 Å². The first-order valence-corrected chi connectivity index (χ1v) is 15.1. The number of hydrogen-bond donors (Lipinski definition) is 3. The fourth-order valence-corrected chi connectivity index (χ4v) is 6.41. The minimum Gasteiger partial charge on any atom is -0.462 e. The topological polar surface area (TPSA) is 167 Å². The number of aryl methyl sites for hydroxylation is 1. The van der Waals surface area contributed by atoms with Gasteiger partial charge in [0.25, 0.3) is 7.52 Å². The van der Waals surface area contributed by atoms with Gasteiger partial charge in [-0.2, -0.15) is 9.97 Å². The van der Waals surface area contributed by atoms with Crippen LogP contribution >= 0.6 is 7.52 Å². The van der Waals surface area contributed by atoms with Crippen molar-refractivity contribution in [2.45, 2.75) is 63.9 Å². The van der Waals surface area contributed by atoms with Crippen molar-refractivity contribution in [2.24, 2.45) is 0 Å². The number of aliphatic hydroxyl groups is 1. The molecule has 6 atom stereocenters. The molecule has 4 rings (SSSR count). The third-order valence-corrected chi connectivity index (χ3v) is 8.65. The van der Waals surface area contributed by atoms with Crippen molar-refractivity contribution >= 4 is 36.4 Å². The fraction of sp³-hybridized carbons (Fsp3) is 0.538. The van der Waals surface area contributed by atoms with Gasteiger partial charge in [0, 0.05) is 20.3 Å². The Morgan fingerprint density at radius 2 is 1.98 bits per heavy atom. The van der Waals surface area contributed by atoms with E-state index in [0.29, 0.717) is 17.8 Å². The van der Waals surface area contributed by atoms with Crippen LogP contribution in [0.25, 0.3) is 11.2 Å². The van der Waals surface area contributed by atoms with Crippen LogP contribution in [0.2, 0.25) is 0 Å². The fourth-order valence-electron chi connectivity index (χ4n) is 4.44. The number of rotatable bonds is 12. The Bertz CT molecular complexity index is 1390. The quantitative estimate of drug-likeness (QED) is 0.208. The van der Waals surface area contributed by atoms with E-state index < -0.39 is 50.7 Å². The lowest BCUT2D eigenvalue weighted by Crippen LogP contribution is -2.37. The van der Waals surface area contributed by atoms with E-state index in [-0.39, 0.29) is 23.9 Å². The van der Waals surface area contributed by atoms with E-state index in [1.807, 2.05) is 30.3 Å². The molecule has 13 nitrogen and oxygen atoms in total. The van der Waals surface area contributed by atoms with Crippen molar-refractivity contribution in [3.05, 3.63) is 42.2 Å². The number of nitrogens with two attached hydrogens (primary N) is 1. The van der Waals surface area contributed by atoms with E-state index in [4.69, 9.17) is 19.7 Å². The number of aromatic nitrogens is 4. The number of esters is 1. The van der Waals surface area contributed by atoms with Crippen molar-refractivity contribution in [3.8, 4) is 0 Å². The van der Waals surface area contributed by atoms with Crippen molar-refractivity contribution < 1.29 is 32.9 Å². The molecule has 1 saturated heterocycles. The molecular weight excluding hydrogens is 556 g/mol. The van der Waals surface area contributed by atoms with Crippen molar-refractivity contribution in [1.29, 1.82) is 0 Å². The summed E-state index contributed by atoms with van der Waals surface area (Å²) < 4.78 is 47.6. The summed E-state index contributed by atoms with van der Waals surface area (Å²) in [6, 6.07) is 8.42. The number of nitrogens with one attached hydrogen (secondary N) is 1. The molecule has 0 saturated carbocycles. The summed E-state index contributed by atoms with van der Waals surface area (Å²) >= 11 is 0. The number of imidazole rings is 1. The second kappa shape index (κ2) is 12.8. The Kier molecular flexibility index (Phi) is 9.60. The number of nitrogen functional groups attached to an aromatic ring is 1. The van der Waals surface area contributed by atoms with Gasteiger partial charge >= 0.3 is 5.97 Å². The maximum absolute atomic E-state index is 15.4. The number of alkyl halides is 1. The van der Waals surface area contributed by atoms with E-state index in [1.54, 1.807) is 32.8 Å².